The van der Waals surface area contributed by atoms with E-state index in [1.54, 1.807) is 6.20 Å². The molecule has 0 unspecified atom stereocenters. The van der Waals surface area contributed by atoms with E-state index in [2.05, 4.69) is 26.8 Å². The van der Waals surface area contributed by atoms with E-state index < -0.39 is 5.97 Å². The summed E-state index contributed by atoms with van der Waals surface area (Å²) in [6.45, 7) is 1.85. The van der Waals surface area contributed by atoms with E-state index in [0.29, 0.717) is 5.69 Å². The SMILES string of the molecule is COC(=O)C#Cc1[nH]ncc1C. The molecule has 1 rings (SSSR count). The summed E-state index contributed by atoms with van der Waals surface area (Å²) in [5.41, 5.74) is 1.55. The standard InChI is InChI=1S/C8H8N2O2/c1-6-5-9-10-7(6)3-4-8(11)12-2/h5H,1-2H3,(H,9,10). The molecule has 0 fully saturated rings. The first-order valence-electron chi connectivity index (χ1n) is 3.34. The Hall–Kier alpha value is -1.76. The number of ether oxygens (including phenoxy) is 1. The maximum Gasteiger partial charge on any atom is 0.384 e. The van der Waals surface area contributed by atoms with E-state index in [-0.39, 0.29) is 0 Å². The lowest BCUT2D eigenvalue weighted by Gasteiger charge is -1.85. The number of aromatic nitrogens is 2. The minimum absolute atomic E-state index is 0.552. The number of aryl methyl sites for hydroxylation is 1. The summed E-state index contributed by atoms with van der Waals surface area (Å²) in [4.78, 5) is 10.6. The van der Waals surface area contributed by atoms with Crippen molar-refractivity contribution in [3.05, 3.63) is 17.5 Å². The van der Waals surface area contributed by atoms with Crippen LogP contribution in [0.4, 0.5) is 0 Å². The second kappa shape index (κ2) is 3.58. The monoisotopic (exact) mass is 164 g/mol. The van der Waals surface area contributed by atoms with Crippen LogP contribution in [-0.2, 0) is 9.53 Å². The van der Waals surface area contributed by atoms with Crippen molar-refractivity contribution in [1.29, 1.82) is 0 Å². The summed E-state index contributed by atoms with van der Waals surface area (Å²) in [6, 6.07) is 0. The number of methoxy groups -OCH3 is 1. The van der Waals surface area contributed by atoms with E-state index >= 15 is 0 Å². The molecule has 0 aromatic carbocycles. The highest BCUT2D eigenvalue weighted by Gasteiger charge is 1.95. The highest BCUT2D eigenvalue weighted by molar-refractivity contribution is 5.88. The Labute approximate surface area is 69.9 Å². The van der Waals surface area contributed by atoms with Gasteiger partial charge in [0.15, 0.2) is 0 Å². The fraction of sp³-hybridized carbons (Fsp3) is 0.250. The number of carbonyl (C=O) groups excluding carboxylic acids is 1. The Morgan fingerprint density at radius 1 is 1.75 bits per heavy atom. The quantitative estimate of drug-likeness (QED) is 0.441. The van der Waals surface area contributed by atoms with Crippen LogP contribution in [0.1, 0.15) is 11.3 Å². The van der Waals surface area contributed by atoms with Crippen LogP contribution in [0.2, 0.25) is 0 Å². The van der Waals surface area contributed by atoms with Crippen LogP contribution in [0.15, 0.2) is 6.20 Å². The van der Waals surface area contributed by atoms with Crippen molar-refractivity contribution < 1.29 is 9.53 Å². The van der Waals surface area contributed by atoms with Crippen molar-refractivity contribution in [2.45, 2.75) is 6.92 Å². The van der Waals surface area contributed by atoms with Crippen molar-refractivity contribution in [1.82, 2.24) is 10.2 Å². The van der Waals surface area contributed by atoms with Crippen molar-refractivity contribution in [3.63, 3.8) is 0 Å². The van der Waals surface area contributed by atoms with Gasteiger partial charge in [0.05, 0.1) is 13.3 Å². The number of hydrogen-bond acceptors (Lipinski definition) is 3. The molecule has 0 bridgehead atoms. The van der Waals surface area contributed by atoms with Crippen LogP contribution in [0.25, 0.3) is 0 Å². The van der Waals surface area contributed by atoms with Crippen LogP contribution in [0, 0.1) is 18.8 Å². The molecule has 0 aliphatic carbocycles. The summed E-state index contributed by atoms with van der Waals surface area (Å²) < 4.78 is 4.34. The maximum absolute atomic E-state index is 10.6. The molecular weight excluding hydrogens is 156 g/mol. The van der Waals surface area contributed by atoms with Gasteiger partial charge in [-0.1, -0.05) is 0 Å². The van der Waals surface area contributed by atoms with Gasteiger partial charge >= 0.3 is 5.97 Å². The molecule has 0 spiro atoms. The third kappa shape index (κ3) is 1.86. The molecule has 0 atom stereocenters. The van der Waals surface area contributed by atoms with Crippen molar-refractivity contribution >= 4 is 5.97 Å². The van der Waals surface area contributed by atoms with Gasteiger partial charge in [0.2, 0.25) is 0 Å². The zero-order chi connectivity index (χ0) is 8.97. The second-order valence-corrected chi connectivity index (χ2v) is 2.17. The minimum Gasteiger partial charge on any atom is -0.459 e. The van der Waals surface area contributed by atoms with Crippen molar-refractivity contribution in [2.75, 3.05) is 7.11 Å². The molecule has 1 aromatic rings. The largest absolute Gasteiger partial charge is 0.459 e. The number of hydrogen-bond donors (Lipinski definition) is 1. The highest BCUT2D eigenvalue weighted by atomic mass is 16.5. The normalized spacial score (nSPS) is 8.50. The Morgan fingerprint density at radius 2 is 2.50 bits per heavy atom. The lowest BCUT2D eigenvalue weighted by Crippen LogP contribution is -1.94. The smallest absolute Gasteiger partial charge is 0.384 e. The Kier molecular flexibility index (Phi) is 2.49. The average molecular weight is 164 g/mol. The number of H-pyrrole nitrogens is 1. The van der Waals surface area contributed by atoms with Crippen LogP contribution < -0.4 is 0 Å². The summed E-state index contributed by atoms with van der Waals surface area (Å²) in [5, 5.41) is 6.40. The summed E-state index contributed by atoms with van der Waals surface area (Å²) >= 11 is 0. The molecule has 1 heterocycles. The predicted molar refractivity (Wildman–Crippen MR) is 42.2 cm³/mol. The summed E-state index contributed by atoms with van der Waals surface area (Å²) in [7, 11) is 1.29. The number of rotatable bonds is 0. The van der Waals surface area contributed by atoms with E-state index in [0.717, 1.165) is 5.56 Å². The molecular formula is C8H8N2O2. The fourth-order valence-corrected chi connectivity index (χ4v) is 0.637. The van der Waals surface area contributed by atoms with E-state index in [1.165, 1.54) is 7.11 Å². The van der Waals surface area contributed by atoms with Gasteiger partial charge < -0.3 is 4.74 Å². The molecule has 4 nitrogen and oxygen atoms in total. The molecule has 0 saturated heterocycles. The van der Waals surface area contributed by atoms with Gasteiger partial charge in [-0.2, -0.15) is 5.10 Å². The number of nitrogens with zero attached hydrogens (tertiary/aromatic N) is 1. The number of esters is 1. The molecule has 0 aliphatic heterocycles. The van der Waals surface area contributed by atoms with Gasteiger partial charge in [-0.05, 0) is 12.8 Å². The number of nitrogens with one attached hydrogen (secondary N) is 1. The lowest BCUT2D eigenvalue weighted by atomic mass is 10.3. The average Bonchev–Trinajstić information content (AvgIpc) is 2.47. The molecule has 1 N–H and O–H groups in total. The second-order valence-electron chi connectivity index (χ2n) is 2.17. The van der Waals surface area contributed by atoms with E-state index in [9.17, 15) is 4.79 Å². The van der Waals surface area contributed by atoms with Gasteiger partial charge in [-0.25, -0.2) is 4.79 Å². The topological polar surface area (TPSA) is 55.0 Å². The number of carbonyl (C=O) groups is 1. The van der Waals surface area contributed by atoms with Crippen LogP contribution in [0.5, 0.6) is 0 Å². The van der Waals surface area contributed by atoms with Gasteiger partial charge in [0, 0.05) is 11.5 Å². The number of aromatic amines is 1. The molecule has 0 radical (unpaired) electrons. The molecule has 1 aromatic heterocycles. The van der Waals surface area contributed by atoms with Gasteiger partial charge in [-0.3, -0.25) is 5.10 Å². The van der Waals surface area contributed by atoms with Gasteiger partial charge in [0.1, 0.15) is 5.69 Å². The van der Waals surface area contributed by atoms with Crippen LogP contribution >= 0.6 is 0 Å². The zero-order valence-electron chi connectivity index (χ0n) is 6.84. The van der Waals surface area contributed by atoms with E-state index in [1.807, 2.05) is 6.92 Å². The predicted octanol–water partition coefficient (Wildman–Crippen LogP) is 0.243. The van der Waals surface area contributed by atoms with Crippen molar-refractivity contribution in [2.24, 2.45) is 0 Å². The minimum atomic E-state index is -0.552. The zero-order valence-corrected chi connectivity index (χ0v) is 6.84. The van der Waals surface area contributed by atoms with E-state index in [4.69, 9.17) is 0 Å². The third-order valence-corrected chi connectivity index (χ3v) is 1.30. The Balaban J connectivity index is 2.79. The molecule has 62 valence electrons. The Morgan fingerprint density at radius 3 is 3.00 bits per heavy atom. The first-order chi connectivity index (χ1) is 5.74. The van der Waals surface area contributed by atoms with Crippen LogP contribution in [0.3, 0.4) is 0 Å². The lowest BCUT2D eigenvalue weighted by molar-refractivity contribution is -0.133. The van der Waals surface area contributed by atoms with Gasteiger partial charge in [0.25, 0.3) is 0 Å². The molecule has 0 amide bonds. The summed E-state index contributed by atoms with van der Waals surface area (Å²) in [6.07, 6.45) is 1.64. The van der Waals surface area contributed by atoms with Crippen LogP contribution in [-0.4, -0.2) is 23.3 Å². The summed E-state index contributed by atoms with van der Waals surface area (Å²) in [5.74, 6) is 4.34. The highest BCUT2D eigenvalue weighted by Crippen LogP contribution is 1.98. The fourth-order valence-electron chi connectivity index (χ4n) is 0.637. The van der Waals surface area contributed by atoms with Gasteiger partial charge in [-0.15, -0.1) is 0 Å². The maximum atomic E-state index is 10.6. The first-order valence-corrected chi connectivity index (χ1v) is 3.34. The molecule has 0 saturated carbocycles. The molecule has 12 heavy (non-hydrogen) atoms. The Bertz CT molecular complexity index is 343. The molecule has 4 heteroatoms. The third-order valence-electron chi connectivity index (χ3n) is 1.30. The van der Waals surface area contributed by atoms with Crippen molar-refractivity contribution in [3.8, 4) is 11.8 Å². The first kappa shape index (κ1) is 8.34. The molecule has 0 aliphatic rings.